The van der Waals surface area contributed by atoms with Gasteiger partial charge in [-0.3, -0.25) is 4.79 Å². The number of aromatic nitrogens is 5. The molecule has 2 atom stereocenters. The molecule has 32 heavy (non-hydrogen) atoms. The monoisotopic (exact) mass is 468 g/mol. The molecule has 0 saturated carbocycles. The maximum absolute atomic E-state index is 13.3. The second-order valence-electron chi connectivity index (χ2n) is 7.30. The van der Waals surface area contributed by atoms with Gasteiger partial charge in [-0.25, -0.2) is 14.4 Å². The molecule has 0 radical (unpaired) electrons. The fraction of sp³-hybridized carbons (Fsp3) is 0.316. The van der Waals surface area contributed by atoms with Gasteiger partial charge in [0.1, 0.15) is 6.04 Å². The van der Waals surface area contributed by atoms with Crippen molar-refractivity contribution in [3.05, 3.63) is 58.4 Å². The quantitative estimate of drug-likeness (QED) is 0.537. The molecule has 0 unspecified atom stereocenters. The number of fused-ring (bicyclic) bond motifs is 4. The molecule has 1 amide bonds. The minimum Gasteiger partial charge on any atom is -0.377 e. The Morgan fingerprint density at radius 2 is 1.91 bits per heavy atom. The number of carbonyl (C=O) groups is 1. The van der Waals surface area contributed by atoms with Crippen molar-refractivity contribution in [2.75, 3.05) is 13.2 Å². The number of nitrogens with zero attached hydrogens (tertiary/aromatic N) is 6. The number of benzene rings is 1. The zero-order valence-corrected chi connectivity index (χ0v) is 16.8. The summed E-state index contributed by atoms with van der Waals surface area (Å²) in [5, 5.41) is 7.56. The van der Waals surface area contributed by atoms with Crippen LogP contribution in [0, 0.1) is 5.82 Å². The summed E-state index contributed by atoms with van der Waals surface area (Å²) in [6.07, 6.45) is -2.69. The second kappa shape index (κ2) is 7.48. The Morgan fingerprint density at radius 1 is 1.16 bits per heavy atom. The summed E-state index contributed by atoms with van der Waals surface area (Å²) in [5.74, 6) is -0.452. The van der Waals surface area contributed by atoms with Crippen LogP contribution in [-0.2, 0) is 17.5 Å². The van der Waals surface area contributed by atoms with Crippen LogP contribution in [0.2, 0.25) is 5.02 Å². The van der Waals surface area contributed by atoms with Gasteiger partial charge in [-0.15, -0.1) is 10.2 Å². The van der Waals surface area contributed by atoms with Crippen LogP contribution in [0.1, 0.15) is 27.8 Å². The van der Waals surface area contributed by atoms with E-state index in [4.69, 9.17) is 16.3 Å². The van der Waals surface area contributed by atoms with Crippen LogP contribution in [0.15, 0.2) is 30.6 Å². The highest BCUT2D eigenvalue weighted by Gasteiger charge is 2.45. The zero-order chi connectivity index (χ0) is 22.6. The third-order valence-corrected chi connectivity index (χ3v) is 5.78. The van der Waals surface area contributed by atoms with Gasteiger partial charge in [0.05, 0.1) is 47.8 Å². The highest BCUT2D eigenvalue weighted by molar-refractivity contribution is 6.34. The van der Waals surface area contributed by atoms with Gasteiger partial charge < -0.3 is 14.2 Å². The first kappa shape index (κ1) is 20.8. The van der Waals surface area contributed by atoms with E-state index in [-0.39, 0.29) is 31.1 Å². The number of hydrogen-bond acceptors (Lipinski definition) is 6. The van der Waals surface area contributed by atoms with Crippen LogP contribution in [0.5, 0.6) is 0 Å². The van der Waals surface area contributed by atoms with E-state index in [1.165, 1.54) is 11.0 Å². The lowest BCUT2D eigenvalue weighted by Gasteiger charge is -2.45. The van der Waals surface area contributed by atoms with Gasteiger partial charge in [0.15, 0.2) is 17.5 Å². The predicted octanol–water partition coefficient (Wildman–Crippen LogP) is 3.14. The summed E-state index contributed by atoms with van der Waals surface area (Å²) < 4.78 is 60.3. The summed E-state index contributed by atoms with van der Waals surface area (Å²) in [5.41, 5.74) is -1.34. The number of morpholine rings is 1. The molecule has 2 aliphatic heterocycles. The molecule has 166 valence electrons. The molecule has 5 rings (SSSR count). The van der Waals surface area contributed by atoms with Crippen molar-refractivity contribution in [2.45, 2.75) is 24.8 Å². The van der Waals surface area contributed by atoms with Gasteiger partial charge in [-0.1, -0.05) is 17.7 Å². The van der Waals surface area contributed by atoms with Crippen LogP contribution in [-0.4, -0.2) is 54.8 Å². The lowest BCUT2D eigenvalue weighted by molar-refractivity contribution is -0.137. The van der Waals surface area contributed by atoms with Crippen LogP contribution < -0.4 is 0 Å². The molecule has 4 heterocycles. The predicted molar refractivity (Wildman–Crippen MR) is 101 cm³/mol. The zero-order valence-electron chi connectivity index (χ0n) is 16.1. The Bertz CT molecular complexity index is 1200. The van der Waals surface area contributed by atoms with Gasteiger partial charge in [-0.05, 0) is 12.1 Å². The molecule has 1 fully saturated rings. The molecule has 8 nitrogen and oxygen atoms in total. The highest BCUT2D eigenvalue weighted by Crippen LogP contribution is 2.39. The Labute approximate surface area is 182 Å². The first-order chi connectivity index (χ1) is 15.3. The third kappa shape index (κ3) is 3.30. The molecule has 3 aromatic rings. The van der Waals surface area contributed by atoms with E-state index < -0.39 is 40.6 Å². The van der Waals surface area contributed by atoms with Gasteiger partial charge in [0.2, 0.25) is 5.82 Å². The molecule has 13 heteroatoms. The summed E-state index contributed by atoms with van der Waals surface area (Å²) in [7, 11) is 0. The number of halogens is 5. The molecule has 1 saturated heterocycles. The van der Waals surface area contributed by atoms with E-state index in [2.05, 4.69) is 20.2 Å². The number of ether oxygens (including phenoxy) is 1. The molecule has 2 aromatic heterocycles. The van der Waals surface area contributed by atoms with Crippen molar-refractivity contribution in [1.82, 2.24) is 29.6 Å². The molecule has 0 aliphatic carbocycles. The van der Waals surface area contributed by atoms with Crippen molar-refractivity contribution in [2.24, 2.45) is 0 Å². The molecular formula is C19H13ClF4N6O2. The first-order valence-corrected chi connectivity index (χ1v) is 9.80. The van der Waals surface area contributed by atoms with Gasteiger partial charge in [0, 0.05) is 6.54 Å². The number of rotatable bonds is 2. The Balaban J connectivity index is 1.54. The maximum Gasteiger partial charge on any atom is 0.417 e. The third-order valence-electron chi connectivity index (χ3n) is 5.38. The summed E-state index contributed by atoms with van der Waals surface area (Å²) in [4.78, 5) is 22.6. The topological polar surface area (TPSA) is 86.0 Å². The summed E-state index contributed by atoms with van der Waals surface area (Å²) in [6.45, 7) is 0.415. The van der Waals surface area contributed by atoms with Crippen molar-refractivity contribution >= 4 is 17.5 Å². The number of alkyl halides is 3. The van der Waals surface area contributed by atoms with Gasteiger partial charge >= 0.3 is 6.18 Å². The minimum absolute atomic E-state index is 0.0707. The van der Waals surface area contributed by atoms with E-state index >= 15 is 0 Å². The lowest BCUT2D eigenvalue weighted by atomic mass is 10.0. The standard InChI is InChI=1S/C19H13ClF4N6O2/c20-14-11(2-1-3-12(14)19(22,23)24)18(31)30-10-6-29-16(13(30)8-32-7-10)27-28-17(29)15-25-4-9(21)5-26-15/h1-5,10,13H,6-8H2/t10-,13-/m1/s1. The van der Waals surface area contributed by atoms with Crippen molar-refractivity contribution in [3.8, 4) is 11.6 Å². The number of carbonyl (C=O) groups excluding carboxylic acids is 1. The van der Waals surface area contributed by atoms with E-state index in [0.717, 1.165) is 24.5 Å². The van der Waals surface area contributed by atoms with E-state index in [1.807, 2.05) is 0 Å². The summed E-state index contributed by atoms with van der Waals surface area (Å²) >= 11 is 5.98. The SMILES string of the molecule is O=C(c1cccc(C(F)(F)F)c1Cl)N1[C@H]2COC[C@@H]1c1nnc(-c3ncc(F)cn3)n1C2. The highest BCUT2D eigenvalue weighted by atomic mass is 35.5. The van der Waals surface area contributed by atoms with Crippen LogP contribution in [0.25, 0.3) is 11.6 Å². The van der Waals surface area contributed by atoms with Gasteiger partial charge in [-0.2, -0.15) is 13.2 Å². The number of hydrogen-bond donors (Lipinski definition) is 0. The average molecular weight is 469 g/mol. The van der Waals surface area contributed by atoms with E-state index in [9.17, 15) is 22.4 Å². The largest absolute Gasteiger partial charge is 0.417 e. The average Bonchev–Trinajstić information content (AvgIpc) is 3.16. The second-order valence-corrected chi connectivity index (χ2v) is 7.68. The summed E-state index contributed by atoms with van der Waals surface area (Å²) in [6, 6.07) is 2.00. The molecule has 2 bridgehead atoms. The molecular weight excluding hydrogens is 456 g/mol. The fourth-order valence-corrected chi connectivity index (χ4v) is 4.29. The van der Waals surface area contributed by atoms with Gasteiger partial charge in [0.25, 0.3) is 5.91 Å². The van der Waals surface area contributed by atoms with E-state index in [0.29, 0.717) is 11.6 Å². The molecule has 0 spiro atoms. The minimum atomic E-state index is -4.70. The maximum atomic E-state index is 13.3. The fourth-order valence-electron chi connectivity index (χ4n) is 3.98. The van der Waals surface area contributed by atoms with Crippen LogP contribution in [0.4, 0.5) is 17.6 Å². The van der Waals surface area contributed by atoms with E-state index in [1.54, 1.807) is 4.57 Å². The van der Waals surface area contributed by atoms with Crippen LogP contribution >= 0.6 is 11.6 Å². The lowest BCUT2D eigenvalue weighted by Crippen LogP contribution is -2.56. The Morgan fingerprint density at radius 3 is 2.62 bits per heavy atom. The van der Waals surface area contributed by atoms with Crippen molar-refractivity contribution in [3.63, 3.8) is 0 Å². The smallest absolute Gasteiger partial charge is 0.377 e. The van der Waals surface area contributed by atoms with Crippen molar-refractivity contribution < 1.29 is 27.1 Å². The normalized spacial score (nSPS) is 20.2. The molecule has 0 N–H and O–H groups in total. The molecule has 1 aromatic carbocycles. The van der Waals surface area contributed by atoms with Crippen LogP contribution in [0.3, 0.4) is 0 Å². The Kier molecular flexibility index (Phi) is 4.86. The number of amides is 1. The molecule has 2 aliphatic rings. The Hall–Kier alpha value is -3.12. The first-order valence-electron chi connectivity index (χ1n) is 9.43. The van der Waals surface area contributed by atoms with Crippen molar-refractivity contribution in [1.29, 1.82) is 0 Å².